The van der Waals surface area contributed by atoms with E-state index in [-0.39, 0.29) is 11.5 Å². The predicted molar refractivity (Wildman–Crippen MR) is 115 cm³/mol. The Hall–Kier alpha value is -4.33. The molecule has 0 aliphatic rings. The van der Waals surface area contributed by atoms with Gasteiger partial charge in [0, 0.05) is 22.5 Å². The predicted octanol–water partition coefficient (Wildman–Crippen LogP) is 3.91. The molecule has 3 aromatic rings. The quantitative estimate of drug-likeness (QED) is 0.534. The van der Waals surface area contributed by atoms with Crippen molar-refractivity contribution in [1.29, 1.82) is 0 Å². The first-order valence-corrected chi connectivity index (χ1v) is 9.19. The number of amides is 2. The van der Waals surface area contributed by atoms with Crippen LogP contribution in [0.25, 0.3) is 0 Å². The number of hydrogen-bond donors (Lipinski definition) is 3. The Morgan fingerprint density at radius 2 is 1.19 bits per heavy atom. The Morgan fingerprint density at radius 3 is 1.74 bits per heavy atom. The average molecular weight is 420 g/mol. The second-order valence-corrected chi connectivity index (χ2v) is 6.44. The molecule has 0 saturated carbocycles. The summed E-state index contributed by atoms with van der Waals surface area (Å²) in [7, 11) is 2.99. The SMILES string of the molecule is COc1ccc(C(=O)Nc2cccc(C(=O)Nc3cccc(C(=O)O)c3)c2)cc1OC. The number of rotatable bonds is 7. The molecular weight excluding hydrogens is 400 g/mol. The molecule has 0 bridgehead atoms. The monoisotopic (exact) mass is 420 g/mol. The zero-order valence-electron chi connectivity index (χ0n) is 16.8. The molecule has 2 amide bonds. The van der Waals surface area contributed by atoms with Crippen LogP contribution in [-0.4, -0.2) is 37.1 Å². The van der Waals surface area contributed by atoms with Gasteiger partial charge in [-0.05, 0) is 54.6 Å². The number of aromatic carboxylic acids is 1. The molecule has 158 valence electrons. The van der Waals surface area contributed by atoms with Crippen LogP contribution in [0.4, 0.5) is 11.4 Å². The van der Waals surface area contributed by atoms with Crippen molar-refractivity contribution in [3.8, 4) is 11.5 Å². The number of carboxylic acid groups (broad SMARTS) is 1. The largest absolute Gasteiger partial charge is 0.493 e. The summed E-state index contributed by atoms with van der Waals surface area (Å²) in [5, 5.41) is 14.5. The van der Waals surface area contributed by atoms with Crippen molar-refractivity contribution in [1.82, 2.24) is 0 Å². The van der Waals surface area contributed by atoms with Gasteiger partial charge in [-0.25, -0.2) is 4.79 Å². The van der Waals surface area contributed by atoms with E-state index >= 15 is 0 Å². The highest BCUT2D eigenvalue weighted by Gasteiger charge is 2.13. The van der Waals surface area contributed by atoms with Crippen LogP contribution in [0.3, 0.4) is 0 Å². The van der Waals surface area contributed by atoms with E-state index < -0.39 is 11.9 Å². The number of nitrogens with one attached hydrogen (secondary N) is 2. The molecule has 0 radical (unpaired) electrons. The average Bonchev–Trinajstić information content (AvgIpc) is 2.78. The first-order valence-electron chi connectivity index (χ1n) is 9.19. The molecule has 0 aliphatic heterocycles. The topological polar surface area (TPSA) is 114 Å². The summed E-state index contributed by atoms with van der Waals surface area (Å²) < 4.78 is 10.4. The normalized spacial score (nSPS) is 10.1. The van der Waals surface area contributed by atoms with E-state index in [1.165, 1.54) is 32.4 Å². The van der Waals surface area contributed by atoms with Gasteiger partial charge in [-0.15, -0.1) is 0 Å². The lowest BCUT2D eigenvalue weighted by atomic mass is 10.1. The third-order valence-electron chi connectivity index (χ3n) is 4.40. The number of carbonyl (C=O) groups excluding carboxylic acids is 2. The minimum atomic E-state index is -1.09. The smallest absolute Gasteiger partial charge is 0.335 e. The molecule has 3 N–H and O–H groups in total. The van der Waals surface area contributed by atoms with Crippen molar-refractivity contribution >= 4 is 29.2 Å². The van der Waals surface area contributed by atoms with Crippen LogP contribution >= 0.6 is 0 Å². The van der Waals surface area contributed by atoms with Crippen LogP contribution in [0, 0.1) is 0 Å². The number of benzene rings is 3. The van der Waals surface area contributed by atoms with Crippen molar-refractivity contribution in [2.75, 3.05) is 24.9 Å². The maximum atomic E-state index is 12.6. The van der Waals surface area contributed by atoms with Gasteiger partial charge in [0.1, 0.15) is 0 Å². The number of carbonyl (C=O) groups is 3. The lowest BCUT2D eigenvalue weighted by molar-refractivity contribution is 0.0696. The van der Waals surface area contributed by atoms with Gasteiger partial charge < -0.3 is 25.2 Å². The van der Waals surface area contributed by atoms with Gasteiger partial charge in [0.05, 0.1) is 19.8 Å². The maximum absolute atomic E-state index is 12.6. The van der Waals surface area contributed by atoms with E-state index in [2.05, 4.69) is 10.6 Å². The van der Waals surface area contributed by atoms with E-state index in [9.17, 15) is 14.4 Å². The van der Waals surface area contributed by atoms with Gasteiger partial charge in [0.2, 0.25) is 0 Å². The fourth-order valence-corrected chi connectivity index (χ4v) is 2.85. The first kappa shape index (κ1) is 21.4. The third-order valence-corrected chi connectivity index (χ3v) is 4.40. The highest BCUT2D eigenvalue weighted by Crippen LogP contribution is 2.28. The summed E-state index contributed by atoms with van der Waals surface area (Å²) in [5.41, 5.74) is 1.49. The third kappa shape index (κ3) is 5.18. The summed E-state index contributed by atoms with van der Waals surface area (Å²) in [4.78, 5) is 36.2. The Morgan fingerprint density at radius 1 is 0.677 bits per heavy atom. The standard InChI is InChI=1S/C23H20N2O6/c1-30-19-10-9-15(13-20(19)31-2)22(27)24-17-7-3-5-14(11-17)21(26)25-18-8-4-6-16(12-18)23(28)29/h3-13H,1-2H3,(H,24,27)(H,25,26)(H,28,29). The van der Waals surface area contributed by atoms with E-state index in [4.69, 9.17) is 14.6 Å². The second kappa shape index (κ2) is 9.45. The van der Waals surface area contributed by atoms with Crippen molar-refractivity contribution in [3.05, 3.63) is 83.4 Å². The lowest BCUT2D eigenvalue weighted by Crippen LogP contribution is -2.15. The molecule has 8 nitrogen and oxygen atoms in total. The molecule has 0 aromatic heterocycles. The van der Waals surface area contributed by atoms with Crippen LogP contribution < -0.4 is 20.1 Å². The fraction of sp³-hybridized carbons (Fsp3) is 0.0870. The summed E-state index contributed by atoms with van der Waals surface area (Å²) in [6.45, 7) is 0. The van der Waals surface area contributed by atoms with Crippen molar-refractivity contribution in [2.45, 2.75) is 0 Å². The minimum Gasteiger partial charge on any atom is -0.493 e. The molecule has 0 heterocycles. The molecule has 0 spiro atoms. The summed E-state index contributed by atoms with van der Waals surface area (Å²) in [6.07, 6.45) is 0. The van der Waals surface area contributed by atoms with E-state index in [0.29, 0.717) is 34.0 Å². The van der Waals surface area contributed by atoms with Crippen LogP contribution in [0.2, 0.25) is 0 Å². The fourth-order valence-electron chi connectivity index (χ4n) is 2.85. The summed E-state index contributed by atoms with van der Waals surface area (Å²) in [6, 6.07) is 17.1. The molecule has 0 saturated heterocycles. The minimum absolute atomic E-state index is 0.0636. The number of ether oxygens (including phenoxy) is 2. The Labute approximate surface area is 178 Å². The second-order valence-electron chi connectivity index (χ2n) is 6.44. The number of hydrogen-bond acceptors (Lipinski definition) is 5. The molecular formula is C23H20N2O6. The van der Waals surface area contributed by atoms with Crippen molar-refractivity contribution in [3.63, 3.8) is 0 Å². The van der Waals surface area contributed by atoms with Gasteiger partial charge >= 0.3 is 5.97 Å². The molecule has 3 rings (SSSR count). The number of anilines is 2. The summed E-state index contributed by atoms with van der Waals surface area (Å²) >= 11 is 0. The van der Waals surface area contributed by atoms with Gasteiger partial charge in [0.25, 0.3) is 11.8 Å². The molecule has 31 heavy (non-hydrogen) atoms. The molecule has 8 heteroatoms. The lowest BCUT2D eigenvalue weighted by Gasteiger charge is -2.11. The Bertz CT molecular complexity index is 1140. The van der Waals surface area contributed by atoms with Gasteiger partial charge in [0.15, 0.2) is 11.5 Å². The highest BCUT2D eigenvalue weighted by molar-refractivity contribution is 6.07. The Kier molecular flexibility index (Phi) is 6.51. The van der Waals surface area contributed by atoms with Crippen molar-refractivity contribution in [2.24, 2.45) is 0 Å². The maximum Gasteiger partial charge on any atom is 0.335 e. The van der Waals surface area contributed by atoms with Crippen LogP contribution in [0.5, 0.6) is 11.5 Å². The summed E-state index contributed by atoms with van der Waals surface area (Å²) in [5.74, 6) is -0.982. The van der Waals surface area contributed by atoms with Gasteiger partial charge in [-0.1, -0.05) is 12.1 Å². The molecule has 0 fully saturated rings. The first-order chi connectivity index (χ1) is 14.9. The van der Waals surface area contributed by atoms with Crippen LogP contribution in [0.1, 0.15) is 31.1 Å². The number of methoxy groups -OCH3 is 2. The zero-order valence-corrected chi connectivity index (χ0v) is 16.8. The molecule has 0 aliphatic carbocycles. The number of carboxylic acids is 1. The Balaban J connectivity index is 1.74. The van der Waals surface area contributed by atoms with Crippen molar-refractivity contribution < 1.29 is 29.0 Å². The van der Waals surface area contributed by atoms with Crippen LogP contribution in [0.15, 0.2) is 66.7 Å². The molecule has 3 aromatic carbocycles. The van der Waals surface area contributed by atoms with Crippen LogP contribution in [-0.2, 0) is 0 Å². The van der Waals surface area contributed by atoms with E-state index in [1.807, 2.05) is 0 Å². The van der Waals surface area contributed by atoms with Gasteiger partial charge in [-0.3, -0.25) is 9.59 Å². The van der Waals surface area contributed by atoms with E-state index in [0.717, 1.165) is 0 Å². The molecule has 0 atom stereocenters. The van der Waals surface area contributed by atoms with E-state index in [1.54, 1.807) is 48.5 Å². The highest BCUT2D eigenvalue weighted by atomic mass is 16.5. The zero-order chi connectivity index (χ0) is 22.4. The molecule has 0 unspecified atom stereocenters. The van der Waals surface area contributed by atoms with Gasteiger partial charge in [-0.2, -0.15) is 0 Å².